The molecule has 21 heavy (non-hydrogen) atoms. The van der Waals surface area contributed by atoms with Gasteiger partial charge >= 0.3 is 0 Å². The molecule has 112 valence electrons. The van der Waals surface area contributed by atoms with Gasteiger partial charge in [0.05, 0.1) is 17.0 Å². The van der Waals surface area contributed by atoms with Crippen LogP contribution >= 0.6 is 11.6 Å². The normalized spacial score (nSPS) is 12.9. The Labute approximate surface area is 129 Å². The summed E-state index contributed by atoms with van der Waals surface area (Å²) in [6, 6.07) is 13.4. The Morgan fingerprint density at radius 2 is 1.81 bits per heavy atom. The zero-order chi connectivity index (χ0) is 15.5. The predicted molar refractivity (Wildman–Crippen MR) is 83.2 cm³/mol. The second-order valence-corrected chi connectivity index (χ2v) is 6.67. The Hall–Kier alpha value is -1.56. The quantitative estimate of drug-likeness (QED) is 0.916. The van der Waals surface area contributed by atoms with Gasteiger partial charge < -0.3 is 4.74 Å². The largest absolute Gasteiger partial charge is 0.495 e. The number of rotatable bonds is 5. The smallest absolute Gasteiger partial charge is 0.241 e. The average molecular weight is 326 g/mol. The van der Waals surface area contributed by atoms with E-state index in [9.17, 15) is 8.42 Å². The van der Waals surface area contributed by atoms with Gasteiger partial charge in [-0.1, -0.05) is 41.9 Å². The molecule has 2 rings (SSSR count). The van der Waals surface area contributed by atoms with Gasteiger partial charge in [-0.3, -0.25) is 0 Å². The topological polar surface area (TPSA) is 55.4 Å². The van der Waals surface area contributed by atoms with Gasteiger partial charge in [0, 0.05) is 12.1 Å². The van der Waals surface area contributed by atoms with Crippen molar-refractivity contribution in [3.63, 3.8) is 0 Å². The molecule has 1 N–H and O–H groups in total. The molecule has 0 aliphatic carbocycles. The van der Waals surface area contributed by atoms with E-state index in [-0.39, 0.29) is 10.9 Å². The van der Waals surface area contributed by atoms with E-state index in [0.29, 0.717) is 10.8 Å². The van der Waals surface area contributed by atoms with E-state index in [4.69, 9.17) is 16.3 Å². The van der Waals surface area contributed by atoms with Crippen LogP contribution in [0, 0.1) is 0 Å². The molecule has 2 aromatic carbocycles. The monoisotopic (exact) mass is 325 g/mol. The van der Waals surface area contributed by atoms with Gasteiger partial charge in [0.2, 0.25) is 10.0 Å². The van der Waals surface area contributed by atoms with Crippen LogP contribution in [0.5, 0.6) is 5.75 Å². The summed E-state index contributed by atoms with van der Waals surface area (Å²) in [5.41, 5.74) is 0.891. The molecule has 0 amide bonds. The Morgan fingerprint density at radius 1 is 1.14 bits per heavy atom. The molecule has 0 saturated heterocycles. The van der Waals surface area contributed by atoms with E-state index in [1.807, 2.05) is 30.3 Å². The van der Waals surface area contributed by atoms with Crippen molar-refractivity contribution in [3.8, 4) is 5.75 Å². The Morgan fingerprint density at radius 3 is 2.43 bits per heavy atom. The minimum Gasteiger partial charge on any atom is -0.495 e. The first-order valence-corrected chi connectivity index (χ1v) is 8.21. The predicted octanol–water partition coefficient (Wildman–Crippen LogP) is 3.39. The van der Waals surface area contributed by atoms with Crippen LogP contribution in [0.25, 0.3) is 0 Å². The highest BCUT2D eigenvalue weighted by molar-refractivity contribution is 7.89. The van der Waals surface area contributed by atoms with E-state index in [1.165, 1.54) is 25.3 Å². The zero-order valence-corrected chi connectivity index (χ0v) is 13.3. The van der Waals surface area contributed by atoms with E-state index < -0.39 is 10.0 Å². The van der Waals surface area contributed by atoms with Gasteiger partial charge in [-0.05, 0) is 24.6 Å². The molecule has 0 radical (unpaired) electrons. The third-order valence-corrected chi connectivity index (χ3v) is 4.92. The first kappa shape index (κ1) is 15.8. The summed E-state index contributed by atoms with van der Waals surface area (Å²) in [6.07, 6.45) is 0. The molecular weight excluding hydrogens is 310 g/mol. The van der Waals surface area contributed by atoms with Gasteiger partial charge in [-0.15, -0.1) is 0 Å². The Kier molecular flexibility index (Phi) is 4.88. The van der Waals surface area contributed by atoms with E-state index >= 15 is 0 Å². The number of hydrogen-bond acceptors (Lipinski definition) is 3. The highest BCUT2D eigenvalue weighted by Gasteiger charge is 2.19. The summed E-state index contributed by atoms with van der Waals surface area (Å²) in [7, 11) is -2.20. The minimum absolute atomic E-state index is 0.117. The van der Waals surface area contributed by atoms with Crippen molar-refractivity contribution in [3.05, 3.63) is 59.1 Å². The molecule has 0 spiro atoms. The highest BCUT2D eigenvalue weighted by atomic mass is 35.5. The van der Waals surface area contributed by atoms with Crippen molar-refractivity contribution < 1.29 is 13.2 Å². The molecule has 2 aromatic rings. The van der Waals surface area contributed by atoms with Crippen molar-refractivity contribution in [1.82, 2.24) is 4.72 Å². The van der Waals surface area contributed by atoms with Gasteiger partial charge in [-0.2, -0.15) is 0 Å². The lowest BCUT2D eigenvalue weighted by molar-refractivity contribution is 0.413. The van der Waals surface area contributed by atoms with Crippen LogP contribution in [0.15, 0.2) is 53.4 Å². The lowest BCUT2D eigenvalue weighted by Crippen LogP contribution is -2.26. The number of halogens is 1. The first-order chi connectivity index (χ1) is 9.94. The van der Waals surface area contributed by atoms with Crippen molar-refractivity contribution in [2.75, 3.05) is 7.11 Å². The minimum atomic E-state index is -3.65. The van der Waals surface area contributed by atoms with Gasteiger partial charge in [0.25, 0.3) is 0 Å². The molecule has 0 saturated carbocycles. The summed E-state index contributed by atoms with van der Waals surface area (Å²) >= 11 is 5.91. The maximum Gasteiger partial charge on any atom is 0.241 e. The van der Waals surface area contributed by atoms with Crippen LogP contribution in [-0.2, 0) is 10.0 Å². The fraction of sp³-hybridized carbons (Fsp3) is 0.200. The van der Waals surface area contributed by atoms with Crippen LogP contribution in [0.2, 0.25) is 5.02 Å². The zero-order valence-electron chi connectivity index (χ0n) is 11.7. The first-order valence-electron chi connectivity index (χ1n) is 6.35. The van der Waals surface area contributed by atoms with E-state index in [0.717, 1.165) is 5.56 Å². The molecule has 6 heteroatoms. The summed E-state index contributed by atoms with van der Waals surface area (Å²) in [5.74, 6) is 0.326. The van der Waals surface area contributed by atoms with Crippen LogP contribution in [-0.4, -0.2) is 15.5 Å². The number of hydrogen-bond donors (Lipinski definition) is 1. The van der Waals surface area contributed by atoms with Crippen LogP contribution < -0.4 is 9.46 Å². The second-order valence-electron chi connectivity index (χ2n) is 4.55. The van der Waals surface area contributed by atoms with Crippen LogP contribution in [0.4, 0.5) is 0 Å². The third-order valence-electron chi connectivity index (χ3n) is 3.06. The van der Waals surface area contributed by atoms with Crippen molar-refractivity contribution >= 4 is 21.6 Å². The molecule has 0 aromatic heterocycles. The molecule has 0 bridgehead atoms. The van der Waals surface area contributed by atoms with E-state index in [1.54, 1.807) is 6.92 Å². The maximum atomic E-state index is 12.4. The number of ether oxygens (including phenoxy) is 1. The van der Waals surface area contributed by atoms with Crippen molar-refractivity contribution in [2.24, 2.45) is 0 Å². The molecule has 0 fully saturated rings. The lowest BCUT2D eigenvalue weighted by Gasteiger charge is -2.15. The Balaban J connectivity index is 2.26. The summed E-state index contributed by atoms with van der Waals surface area (Å²) in [4.78, 5) is 0.117. The van der Waals surface area contributed by atoms with Crippen LogP contribution in [0.3, 0.4) is 0 Å². The molecule has 1 unspecified atom stereocenters. The lowest BCUT2D eigenvalue weighted by atomic mass is 10.1. The molecule has 0 heterocycles. The SMILES string of the molecule is COc1cc(S(=O)(=O)NC(C)c2ccccc2)ccc1Cl. The standard InChI is InChI=1S/C15H16ClNO3S/c1-11(12-6-4-3-5-7-12)17-21(18,19)13-8-9-14(16)15(10-13)20-2/h3-11,17H,1-2H3. The molecule has 0 aliphatic rings. The molecule has 4 nitrogen and oxygen atoms in total. The van der Waals surface area contributed by atoms with Crippen LogP contribution in [0.1, 0.15) is 18.5 Å². The number of sulfonamides is 1. The highest BCUT2D eigenvalue weighted by Crippen LogP contribution is 2.27. The molecule has 1 atom stereocenters. The van der Waals surface area contributed by atoms with Gasteiger partial charge in [0.1, 0.15) is 5.75 Å². The summed E-state index contributed by atoms with van der Waals surface area (Å²) in [5, 5.41) is 0.368. The second kappa shape index (κ2) is 6.47. The van der Waals surface area contributed by atoms with Crippen molar-refractivity contribution in [1.29, 1.82) is 0 Å². The van der Waals surface area contributed by atoms with Gasteiger partial charge in [0.15, 0.2) is 0 Å². The summed E-state index contributed by atoms with van der Waals surface area (Å²) < 4.78 is 32.5. The fourth-order valence-electron chi connectivity index (χ4n) is 1.92. The number of methoxy groups -OCH3 is 1. The average Bonchev–Trinajstić information content (AvgIpc) is 2.48. The van der Waals surface area contributed by atoms with Gasteiger partial charge in [-0.25, -0.2) is 13.1 Å². The molecular formula is C15H16ClNO3S. The summed E-state index contributed by atoms with van der Waals surface area (Å²) in [6.45, 7) is 1.79. The van der Waals surface area contributed by atoms with Crippen molar-refractivity contribution in [2.45, 2.75) is 17.9 Å². The number of benzene rings is 2. The third kappa shape index (κ3) is 3.75. The molecule has 0 aliphatic heterocycles. The fourth-order valence-corrected chi connectivity index (χ4v) is 3.36. The van der Waals surface area contributed by atoms with E-state index in [2.05, 4.69) is 4.72 Å². The maximum absolute atomic E-state index is 12.4. The number of nitrogens with one attached hydrogen (secondary N) is 1. The Bertz CT molecular complexity index is 717.